The highest BCUT2D eigenvalue weighted by atomic mass is 16.6. The van der Waals surface area contributed by atoms with Gasteiger partial charge in [-0.2, -0.15) is 0 Å². The zero-order valence-corrected chi connectivity index (χ0v) is 21.2. The van der Waals surface area contributed by atoms with Crippen molar-refractivity contribution in [2.45, 2.75) is 33.0 Å². The first kappa shape index (κ1) is 25.7. The molecular formula is C30H34O6. The lowest BCUT2D eigenvalue weighted by atomic mass is 9.91. The van der Waals surface area contributed by atoms with E-state index >= 15 is 0 Å². The van der Waals surface area contributed by atoms with E-state index < -0.39 is 5.60 Å². The van der Waals surface area contributed by atoms with Gasteiger partial charge in [0.1, 0.15) is 30.3 Å². The lowest BCUT2D eigenvalue weighted by Gasteiger charge is -2.41. The van der Waals surface area contributed by atoms with E-state index in [0.29, 0.717) is 39.0 Å². The minimum atomic E-state index is -0.616. The topological polar surface area (TPSA) is 63.2 Å². The molecule has 6 nitrogen and oxygen atoms in total. The van der Waals surface area contributed by atoms with Crippen LogP contribution >= 0.6 is 0 Å². The van der Waals surface area contributed by atoms with E-state index in [1.807, 2.05) is 42.5 Å². The summed E-state index contributed by atoms with van der Waals surface area (Å²) in [4.78, 5) is 11.7. The van der Waals surface area contributed by atoms with Crippen LogP contribution in [0.3, 0.4) is 0 Å². The van der Waals surface area contributed by atoms with E-state index in [-0.39, 0.29) is 12.6 Å². The van der Waals surface area contributed by atoms with Crippen LogP contribution in [0.2, 0.25) is 0 Å². The maximum atomic E-state index is 11.7. The number of ether oxygens (including phenoxy) is 5. The standard InChI is InChI=1S/C30H34O6/c1-4-33-29(31)19-36-30(20-32-21-30)26-10-14-28(15-11-26)35-18-23-6-5-7-25(16-23)24-8-12-27(13-9-24)34-17-22(2)3/h5-16,22H,4,17-21H2,1-3H3. The maximum Gasteiger partial charge on any atom is 0.332 e. The predicted molar refractivity (Wildman–Crippen MR) is 138 cm³/mol. The first-order chi connectivity index (χ1) is 17.5. The molecule has 1 saturated heterocycles. The third-order valence-electron chi connectivity index (χ3n) is 5.93. The summed E-state index contributed by atoms with van der Waals surface area (Å²) in [6.45, 7) is 8.27. The fourth-order valence-electron chi connectivity index (χ4n) is 3.89. The van der Waals surface area contributed by atoms with Gasteiger partial charge in [-0.15, -0.1) is 0 Å². The van der Waals surface area contributed by atoms with Gasteiger partial charge in [0.2, 0.25) is 0 Å². The summed E-state index contributed by atoms with van der Waals surface area (Å²) >= 11 is 0. The molecule has 1 aliphatic heterocycles. The first-order valence-electron chi connectivity index (χ1n) is 12.4. The van der Waals surface area contributed by atoms with Crippen molar-refractivity contribution in [1.82, 2.24) is 0 Å². The van der Waals surface area contributed by atoms with Gasteiger partial charge < -0.3 is 23.7 Å². The molecule has 4 rings (SSSR count). The van der Waals surface area contributed by atoms with E-state index in [1.165, 1.54) is 0 Å². The van der Waals surface area contributed by atoms with Crippen molar-refractivity contribution < 1.29 is 28.5 Å². The van der Waals surface area contributed by atoms with E-state index in [4.69, 9.17) is 23.7 Å². The molecule has 0 aromatic heterocycles. The van der Waals surface area contributed by atoms with Crippen LogP contribution in [0.4, 0.5) is 0 Å². The Hall–Kier alpha value is -3.35. The second-order valence-electron chi connectivity index (χ2n) is 9.32. The number of esters is 1. The van der Waals surface area contributed by atoms with Crippen LogP contribution in [-0.4, -0.2) is 39.0 Å². The van der Waals surface area contributed by atoms with Crippen molar-refractivity contribution in [2.75, 3.05) is 33.0 Å². The molecule has 0 radical (unpaired) electrons. The van der Waals surface area contributed by atoms with Gasteiger partial charge in [-0.05, 0) is 65.4 Å². The number of carbonyl (C=O) groups is 1. The Morgan fingerprint density at radius 2 is 1.61 bits per heavy atom. The van der Waals surface area contributed by atoms with Crippen LogP contribution in [0.1, 0.15) is 31.9 Å². The number of carbonyl (C=O) groups excluding carboxylic acids is 1. The van der Waals surface area contributed by atoms with E-state index in [2.05, 4.69) is 44.2 Å². The van der Waals surface area contributed by atoms with Gasteiger partial charge in [-0.3, -0.25) is 0 Å². The first-order valence-corrected chi connectivity index (χ1v) is 12.4. The van der Waals surface area contributed by atoms with Crippen LogP contribution in [0, 0.1) is 5.92 Å². The lowest BCUT2D eigenvalue weighted by molar-refractivity contribution is -0.221. The third kappa shape index (κ3) is 6.65. The Bertz CT molecular complexity index is 1120. The summed E-state index contributed by atoms with van der Waals surface area (Å²) in [5, 5.41) is 0. The largest absolute Gasteiger partial charge is 0.493 e. The highest BCUT2D eigenvalue weighted by Gasteiger charge is 2.42. The number of benzene rings is 3. The molecule has 190 valence electrons. The van der Waals surface area contributed by atoms with Crippen molar-refractivity contribution in [3.05, 3.63) is 83.9 Å². The van der Waals surface area contributed by atoms with Gasteiger partial charge in [0.05, 0.1) is 26.4 Å². The summed E-state index contributed by atoms with van der Waals surface area (Å²) in [7, 11) is 0. The molecule has 0 bridgehead atoms. The van der Waals surface area contributed by atoms with Crippen LogP contribution in [0.25, 0.3) is 11.1 Å². The normalized spacial score (nSPS) is 14.2. The molecule has 1 fully saturated rings. The minimum Gasteiger partial charge on any atom is -0.493 e. The fraction of sp³-hybridized carbons (Fsp3) is 0.367. The monoisotopic (exact) mass is 490 g/mol. The summed E-state index contributed by atoms with van der Waals surface area (Å²) in [5.74, 6) is 1.77. The average molecular weight is 491 g/mol. The highest BCUT2D eigenvalue weighted by molar-refractivity contribution is 5.70. The molecule has 3 aromatic carbocycles. The van der Waals surface area contributed by atoms with Crippen molar-refractivity contribution in [1.29, 1.82) is 0 Å². The van der Waals surface area contributed by atoms with Crippen molar-refractivity contribution in [2.24, 2.45) is 5.92 Å². The molecule has 0 aliphatic carbocycles. The van der Waals surface area contributed by atoms with Crippen molar-refractivity contribution >= 4 is 5.97 Å². The Labute approximate surface area is 213 Å². The van der Waals surface area contributed by atoms with Crippen LogP contribution in [-0.2, 0) is 31.2 Å². The molecule has 3 aromatic rings. The SMILES string of the molecule is CCOC(=O)COC1(c2ccc(OCc3cccc(-c4ccc(OCC(C)C)cc4)c3)cc2)COC1. The molecule has 0 N–H and O–H groups in total. The summed E-state index contributed by atoms with van der Waals surface area (Å²) in [6, 6.07) is 24.3. The molecule has 0 unspecified atom stereocenters. The minimum absolute atomic E-state index is 0.0977. The lowest BCUT2D eigenvalue weighted by Crippen LogP contribution is -2.49. The zero-order chi connectivity index (χ0) is 25.4. The fourth-order valence-corrected chi connectivity index (χ4v) is 3.89. The van der Waals surface area contributed by atoms with Gasteiger partial charge in [0.25, 0.3) is 0 Å². The van der Waals surface area contributed by atoms with Crippen molar-refractivity contribution in [3.63, 3.8) is 0 Å². The number of rotatable bonds is 12. The third-order valence-corrected chi connectivity index (χ3v) is 5.93. The Balaban J connectivity index is 1.34. The smallest absolute Gasteiger partial charge is 0.332 e. The molecule has 0 spiro atoms. The number of hydrogen-bond acceptors (Lipinski definition) is 6. The molecule has 0 atom stereocenters. The second kappa shape index (κ2) is 12.1. The summed E-state index contributed by atoms with van der Waals surface area (Å²) in [6.07, 6.45) is 0. The van der Waals surface area contributed by atoms with Crippen LogP contribution < -0.4 is 9.47 Å². The van der Waals surface area contributed by atoms with Gasteiger partial charge in [0, 0.05) is 0 Å². The summed E-state index contributed by atoms with van der Waals surface area (Å²) in [5.41, 5.74) is 3.68. The molecule has 1 aliphatic rings. The average Bonchev–Trinajstić information content (AvgIpc) is 2.87. The van der Waals surface area contributed by atoms with E-state index in [9.17, 15) is 4.79 Å². The second-order valence-corrected chi connectivity index (χ2v) is 9.32. The van der Waals surface area contributed by atoms with E-state index in [0.717, 1.165) is 33.8 Å². The van der Waals surface area contributed by atoms with E-state index in [1.54, 1.807) is 6.92 Å². The van der Waals surface area contributed by atoms with Gasteiger partial charge in [0.15, 0.2) is 0 Å². The predicted octanol–water partition coefficient (Wildman–Crippen LogP) is 5.77. The molecule has 0 amide bonds. The highest BCUT2D eigenvalue weighted by Crippen LogP contribution is 2.35. The molecule has 0 saturated carbocycles. The van der Waals surface area contributed by atoms with Gasteiger partial charge in [-0.25, -0.2) is 4.79 Å². The Morgan fingerprint density at radius 1 is 0.917 bits per heavy atom. The van der Waals surface area contributed by atoms with Crippen molar-refractivity contribution in [3.8, 4) is 22.6 Å². The quantitative estimate of drug-likeness (QED) is 0.300. The van der Waals surface area contributed by atoms with Crippen LogP contribution in [0.5, 0.6) is 11.5 Å². The maximum absolute atomic E-state index is 11.7. The Kier molecular flexibility index (Phi) is 8.62. The van der Waals surface area contributed by atoms with Gasteiger partial charge in [-0.1, -0.05) is 56.3 Å². The molecule has 6 heteroatoms. The zero-order valence-electron chi connectivity index (χ0n) is 21.2. The van der Waals surface area contributed by atoms with Crippen LogP contribution in [0.15, 0.2) is 72.8 Å². The van der Waals surface area contributed by atoms with Gasteiger partial charge >= 0.3 is 5.97 Å². The molecule has 1 heterocycles. The Morgan fingerprint density at radius 3 is 2.25 bits per heavy atom. The molecular weight excluding hydrogens is 456 g/mol. The number of hydrogen-bond donors (Lipinski definition) is 0. The molecule has 36 heavy (non-hydrogen) atoms. The summed E-state index contributed by atoms with van der Waals surface area (Å²) < 4.78 is 28.0.